The molecule has 4 aromatic rings. The van der Waals surface area contributed by atoms with Gasteiger partial charge in [-0.1, -0.05) is 60.2 Å². The molecule has 2 amide bonds. The van der Waals surface area contributed by atoms with Crippen LogP contribution in [-0.2, 0) is 13.1 Å². The summed E-state index contributed by atoms with van der Waals surface area (Å²) in [5.41, 5.74) is 4.91. The molecule has 0 spiro atoms. The molecule has 1 heterocycles. The minimum absolute atomic E-state index is 0.140. The highest BCUT2D eigenvalue weighted by Gasteiger charge is 2.10. The van der Waals surface area contributed by atoms with Crippen LogP contribution in [0.3, 0.4) is 0 Å². The van der Waals surface area contributed by atoms with Crippen molar-refractivity contribution in [2.24, 2.45) is 0 Å². The molecule has 0 fully saturated rings. The molecule has 0 aliphatic heterocycles. The number of nitrogens with one attached hydrogen (secondary N) is 2. The van der Waals surface area contributed by atoms with E-state index < -0.39 is 0 Å². The zero-order valence-corrected chi connectivity index (χ0v) is 17.8. The molecule has 3 aromatic carbocycles. The van der Waals surface area contributed by atoms with E-state index in [-0.39, 0.29) is 11.8 Å². The van der Waals surface area contributed by atoms with E-state index >= 15 is 0 Å². The van der Waals surface area contributed by atoms with Crippen LogP contribution in [-0.4, -0.2) is 21.4 Å². The third kappa shape index (κ3) is 5.49. The number of anilines is 1. The van der Waals surface area contributed by atoms with Gasteiger partial charge < -0.3 is 15.2 Å². The molecular weight excluding hydrogens is 400 g/mol. The van der Waals surface area contributed by atoms with Crippen LogP contribution in [0.5, 0.6) is 0 Å². The van der Waals surface area contributed by atoms with Gasteiger partial charge >= 0.3 is 0 Å². The van der Waals surface area contributed by atoms with E-state index in [0.717, 1.165) is 22.4 Å². The molecule has 0 aliphatic carbocycles. The Labute approximate surface area is 186 Å². The van der Waals surface area contributed by atoms with E-state index in [2.05, 4.69) is 15.6 Å². The Morgan fingerprint density at radius 3 is 2.28 bits per heavy atom. The number of aromatic nitrogens is 2. The first-order valence-electron chi connectivity index (χ1n) is 10.4. The van der Waals surface area contributed by atoms with Gasteiger partial charge in [0.05, 0.1) is 6.33 Å². The molecule has 0 radical (unpaired) electrons. The monoisotopic (exact) mass is 424 g/mol. The van der Waals surface area contributed by atoms with Gasteiger partial charge in [0.1, 0.15) is 5.69 Å². The van der Waals surface area contributed by atoms with Gasteiger partial charge in [-0.3, -0.25) is 9.59 Å². The van der Waals surface area contributed by atoms with Gasteiger partial charge in [0, 0.05) is 30.5 Å². The van der Waals surface area contributed by atoms with Gasteiger partial charge in [-0.25, -0.2) is 4.98 Å². The highest BCUT2D eigenvalue weighted by Crippen LogP contribution is 2.13. The van der Waals surface area contributed by atoms with Crippen LogP contribution in [0.1, 0.15) is 37.5 Å². The lowest BCUT2D eigenvalue weighted by atomic mass is 10.1. The van der Waals surface area contributed by atoms with Crippen LogP contribution >= 0.6 is 0 Å². The van der Waals surface area contributed by atoms with Crippen LogP contribution in [0.2, 0.25) is 0 Å². The van der Waals surface area contributed by atoms with Crippen molar-refractivity contribution in [1.29, 1.82) is 0 Å². The number of carbonyl (C=O) groups excluding carboxylic acids is 2. The van der Waals surface area contributed by atoms with Crippen molar-refractivity contribution in [3.63, 3.8) is 0 Å². The molecule has 0 saturated carbocycles. The van der Waals surface area contributed by atoms with E-state index in [4.69, 9.17) is 0 Å². The van der Waals surface area contributed by atoms with Crippen molar-refractivity contribution in [2.75, 3.05) is 5.32 Å². The van der Waals surface area contributed by atoms with Crippen molar-refractivity contribution >= 4 is 17.5 Å². The summed E-state index contributed by atoms with van der Waals surface area (Å²) in [6.45, 7) is 3.02. The molecule has 6 nitrogen and oxygen atoms in total. The maximum absolute atomic E-state index is 12.4. The van der Waals surface area contributed by atoms with Crippen LogP contribution in [0.4, 0.5) is 5.69 Å². The van der Waals surface area contributed by atoms with Crippen molar-refractivity contribution in [3.05, 3.63) is 119 Å². The second-order valence-electron chi connectivity index (χ2n) is 7.62. The number of hydrogen-bond donors (Lipinski definition) is 2. The molecule has 0 unspecified atom stereocenters. The quantitative estimate of drug-likeness (QED) is 0.461. The van der Waals surface area contributed by atoms with E-state index in [0.29, 0.717) is 24.3 Å². The number of rotatable bonds is 7. The Balaban J connectivity index is 1.31. The fourth-order valence-corrected chi connectivity index (χ4v) is 3.25. The van der Waals surface area contributed by atoms with Crippen LogP contribution in [0.15, 0.2) is 91.4 Å². The Bertz CT molecular complexity index is 1200. The SMILES string of the molecule is Cc1ccc(C(=O)Nc2ccc(Cn3cnc(C(=O)NCc4ccccc4)c3)cc2)cc1. The molecule has 1 aromatic heterocycles. The number of hydrogen-bond acceptors (Lipinski definition) is 3. The first kappa shape index (κ1) is 21.1. The molecule has 2 N–H and O–H groups in total. The van der Waals surface area contributed by atoms with Crippen molar-refractivity contribution in [3.8, 4) is 0 Å². The lowest BCUT2D eigenvalue weighted by molar-refractivity contribution is 0.0945. The molecule has 6 heteroatoms. The third-order valence-electron chi connectivity index (χ3n) is 5.05. The van der Waals surface area contributed by atoms with E-state index in [1.807, 2.05) is 90.4 Å². The molecule has 32 heavy (non-hydrogen) atoms. The number of benzene rings is 3. The van der Waals surface area contributed by atoms with Crippen molar-refractivity contribution in [1.82, 2.24) is 14.9 Å². The predicted molar refractivity (Wildman–Crippen MR) is 125 cm³/mol. The smallest absolute Gasteiger partial charge is 0.271 e. The fraction of sp³-hybridized carbons (Fsp3) is 0.115. The summed E-state index contributed by atoms with van der Waals surface area (Å²) in [5, 5.41) is 5.78. The molecular formula is C26H24N4O2. The lowest BCUT2D eigenvalue weighted by Gasteiger charge is -2.07. The summed E-state index contributed by atoms with van der Waals surface area (Å²) < 4.78 is 1.86. The average molecular weight is 425 g/mol. The summed E-state index contributed by atoms with van der Waals surface area (Å²) in [6, 6.07) is 24.8. The number of aryl methyl sites for hydroxylation is 1. The average Bonchev–Trinajstić information content (AvgIpc) is 3.28. The highest BCUT2D eigenvalue weighted by atomic mass is 16.2. The van der Waals surface area contributed by atoms with Gasteiger partial charge in [0.25, 0.3) is 11.8 Å². The summed E-state index contributed by atoms with van der Waals surface area (Å²) in [4.78, 5) is 28.9. The largest absolute Gasteiger partial charge is 0.347 e. The van der Waals surface area contributed by atoms with Crippen LogP contribution in [0, 0.1) is 6.92 Å². The number of imidazole rings is 1. The standard InChI is InChI=1S/C26H24N4O2/c1-19-7-11-22(12-8-19)25(31)29-23-13-9-21(10-14-23)16-30-17-24(28-18-30)26(32)27-15-20-5-3-2-4-6-20/h2-14,17-18H,15-16H2,1H3,(H,27,32)(H,29,31). The molecule has 4 rings (SSSR count). The molecule has 0 bridgehead atoms. The number of carbonyl (C=O) groups is 2. The zero-order chi connectivity index (χ0) is 22.3. The number of nitrogens with zero attached hydrogens (tertiary/aromatic N) is 2. The summed E-state index contributed by atoms with van der Waals surface area (Å²) in [6.07, 6.45) is 3.37. The van der Waals surface area contributed by atoms with E-state index in [1.54, 1.807) is 12.5 Å². The minimum atomic E-state index is -0.207. The first-order valence-corrected chi connectivity index (χ1v) is 10.4. The topological polar surface area (TPSA) is 76.0 Å². The molecule has 0 saturated heterocycles. The first-order chi connectivity index (χ1) is 15.6. The number of amides is 2. The third-order valence-corrected chi connectivity index (χ3v) is 5.05. The predicted octanol–water partition coefficient (Wildman–Crippen LogP) is 4.42. The van der Waals surface area contributed by atoms with Crippen molar-refractivity contribution < 1.29 is 9.59 Å². The normalized spacial score (nSPS) is 10.5. The maximum Gasteiger partial charge on any atom is 0.271 e. The van der Waals surface area contributed by atoms with Crippen LogP contribution in [0.25, 0.3) is 0 Å². The maximum atomic E-state index is 12.4. The summed E-state index contributed by atoms with van der Waals surface area (Å²) in [5.74, 6) is -0.347. The second-order valence-corrected chi connectivity index (χ2v) is 7.62. The van der Waals surface area contributed by atoms with Crippen LogP contribution < -0.4 is 10.6 Å². The Morgan fingerprint density at radius 1 is 0.844 bits per heavy atom. The molecule has 160 valence electrons. The van der Waals surface area contributed by atoms with Gasteiger partial charge in [0.15, 0.2) is 0 Å². The van der Waals surface area contributed by atoms with Gasteiger partial charge in [-0.2, -0.15) is 0 Å². The van der Waals surface area contributed by atoms with Gasteiger partial charge in [-0.05, 0) is 42.3 Å². The van der Waals surface area contributed by atoms with E-state index in [1.165, 1.54) is 0 Å². The highest BCUT2D eigenvalue weighted by molar-refractivity contribution is 6.04. The van der Waals surface area contributed by atoms with Crippen molar-refractivity contribution in [2.45, 2.75) is 20.0 Å². The Hall–Kier alpha value is -4.19. The minimum Gasteiger partial charge on any atom is -0.347 e. The van der Waals surface area contributed by atoms with E-state index in [9.17, 15) is 9.59 Å². The second kappa shape index (κ2) is 9.75. The molecule has 0 aliphatic rings. The fourth-order valence-electron chi connectivity index (χ4n) is 3.25. The van der Waals surface area contributed by atoms with Gasteiger partial charge in [-0.15, -0.1) is 0 Å². The summed E-state index contributed by atoms with van der Waals surface area (Å²) in [7, 11) is 0. The Kier molecular flexibility index (Phi) is 6.41. The Morgan fingerprint density at radius 2 is 1.56 bits per heavy atom. The lowest BCUT2D eigenvalue weighted by Crippen LogP contribution is -2.23. The summed E-state index contributed by atoms with van der Waals surface area (Å²) >= 11 is 0. The zero-order valence-electron chi connectivity index (χ0n) is 17.8. The molecule has 0 atom stereocenters. The van der Waals surface area contributed by atoms with Gasteiger partial charge in [0.2, 0.25) is 0 Å².